The molecule has 0 unspecified atom stereocenters. The van der Waals surface area contributed by atoms with Gasteiger partial charge in [0, 0.05) is 0 Å². The van der Waals surface area contributed by atoms with E-state index in [2.05, 4.69) is 10.5 Å². The van der Waals surface area contributed by atoms with Crippen LogP contribution in [0.4, 0.5) is 13.2 Å². The minimum Gasteiger partial charge on any atom is -0.493 e. The topological polar surface area (TPSA) is 59.9 Å². The fraction of sp³-hybridized carbons (Fsp3) is 0.167. The molecule has 0 aliphatic heterocycles. The highest BCUT2D eigenvalue weighted by Gasteiger charge is 2.30. The van der Waals surface area contributed by atoms with Crippen LogP contribution in [0.25, 0.3) is 0 Å². The summed E-state index contributed by atoms with van der Waals surface area (Å²) in [5, 5.41) is 3.88. The Morgan fingerprint density at radius 2 is 1.72 bits per heavy atom. The van der Waals surface area contributed by atoms with Crippen molar-refractivity contribution < 1.29 is 27.4 Å². The first kappa shape index (κ1) is 22.9. The molecular formula is C24H21F3N2O3. The highest BCUT2D eigenvalue weighted by Crippen LogP contribution is 2.30. The van der Waals surface area contributed by atoms with Crippen LogP contribution in [0.2, 0.25) is 0 Å². The zero-order valence-corrected chi connectivity index (χ0v) is 17.2. The van der Waals surface area contributed by atoms with Crippen LogP contribution in [0.5, 0.6) is 11.5 Å². The molecule has 0 aliphatic carbocycles. The summed E-state index contributed by atoms with van der Waals surface area (Å²) in [5.74, 6) is 0.525. The summed E-state index contributed by atoms with van der Waals surface area (Å²) in [7, 11) is 1.53. The number of amides is 1. The van der Waals surface area contributed by atoms with Crippen molar-refractivity contribution >= 4 is 12.1 Å². The quantitative estimate of drug-likeness (QED) is 0.395. The van der Waals surface area contributed by atoms with Gasteiger partial charge in [0.05, 0.1) is 25.3 Å². The first-order valence-corrected chi connectivity index (χ1v) is 9.68. The average Bonchev–Trinajstić information content (AvgIpc) is 2.78. The number of nitrogens with zero attached hydrogens (tertiary/aromatic N) is 1. The van der Waals surface area contributed by atoms with Gasteiger partial charge in [-0.15, -0.1) is 0 Å². The van der Waals surface area contributed by atoms with Crippen LogP contribution < -0.4 is 14.9 Å². The molecule has 1 N–H and O–H groups in total. The Labute approximate surface area is 183 Å². The van der Waals surface area contributed by atoms with Crippen LogP contribution >= 0.6 is 0 Å². The molecule has 0 saturated carbocycles. The van der Waals surface area contributed by atoms with E-state index in [0.29, 0.717) is 23.7 Å². The normalized spacial score (nSPS) is 11.4. The zero-order chi connectivity index (χ0) is 23.0. The number of hydrogen-bond acceptors (Lipinski definition) is 4. The van der Waals surface area contributed by atoms with E-state index in [-0.39, 0.29) is 12.0 Å². The van der Waals surface area contributed by atoms with Crippen LogP contribution in [0.3, 0.4) is 0 Å². The summed E-state index contributed by atoms with van der Waals surface area (Å²) in [4.78, 5) is 12.0. The predicted octanol–water partition coefficient (Wildman–Crippen LogP) is 4.99. The molecule has 3 rings (SSSR count). The van der Waals surface area contributed by atoms with Crippen molar-refractivity contribution in [3.05, 3.63) is 95.1 Å². The molecule has 3 aromatic rings. The Morgan fingerprint density at radius 1 is 0.969 bits per heavy atom. The Balaban J connectivity index is 1.60. The molecule has 3 aromatic carbocycles. The third kappa shape index (κ3) is 6.60. The number of carbonyl (C=O) groups is 1. The summed E-state index contributed by atoms with van der Waals surface area (Å²) in [6.07, 6.45) is -3.27. The van der Waals surface area contributed by atoms with Gasteiger partial charge in [0.15, 0.2) is 11.5 Å². The van der Waals surface area contributed by atoms with Crippen molar-refractivity contribution in [2.75, 3.05) is 7.11 Å². The van der Waals surface area contributed by atoms with Gasteiger partial charge < -0.3 is 9.47 Å². The average molecular weight is 442 g/mol. The van der Waals surface area contributed by atoms with E-state index in [1.165, 1.54) is 25.5 Å². The second-order valence-corrected chi connectivity index (χ2v) is 6.85. The van der Waals surface area contributed by atoms with Gasteiger partial charge in [-0.3, -0.25) is 4.79 Å². The Bertz CT molecular complexity index is 1080. The SMILES string of the molecule is COc1ccc(/C=N\NC(=O)Cc2cccc(C(F)(F)F)c2)cc1OCc1ccccc1. The first-order valence-electron chi connectivity index (χ1n) is 9.68. The minimum absolute atomic E-state index is 0.227. The molecule has 1 amide bonds. The molecule has 0 atom stereocenters. The zero-order valence-electron chi connectivity index (χ0n) is 17.2. The molecule has 0 heterocycles. The van der Waals surface area contributed by atoms with Gasteiger partial charge in [0.1, 0.15) is 6.61 Å². The lowest BCUT2D eigenvalue weighted by Crippen LogP contribution is -2.20. The van der Waals surface area contributed by atoms with Crippen LogP contribution in [-0.4, -0.2) is 19.2 Å². The second kappa shape index (κ2) is 10.5. The van der Waals surface area contributed by atoms with Gasteiger partial charge in [-0.2, -0.15) is 18.3 Å². The Kier molecular flexibility index (Phi) is 7.49. The maximum absolute atomic E-state index is 12.8. The third-order valence-electron chi connectivity index (χ3n) is 4.45. The van der Waals surface area contributed by atoms with Crippen LogP contribution in [0.15, 0.2) is 77.9 Å². The molecule has 5 nitrogen and oxygen atoms in total. The van der Waals surface area contributed by atoms with Gasteiger partial charge in [-0.1, -0.05) is 48.5 Å². The van der Waals surface area contributed by atoms with Gasteiger partial charge in [0.2, 0.25) is 5.91 Å². The van der Waals surface area contributed by atoms with Crippen molar-refractivity contribution in [1.29, 1.82) is 0 Å². The summed E-state index contributed by atoms with van der Waals surface area (Å²) >= 11 is 0. The van der Waals surface area contributed by atoms with Crippen molar-refractivity contribution in [3.8, 4) is 11.5 Å². The predicted molar refractivity (Wildman–Crippen MR) is 115 cm³/mol. The van der Waals surface area contributed by atoms with E-state index in [1.807, 2.05) is 30.3 Å². The molecule has 0 spiro atoms. The maximum Gasteiger partial charge on any atom is 0.416 e. The van der Waals surface area contributed by atoms with Gasteiger partial charge in [0.25, 0.3) is 0 Å². The number of nitrogens with one attached hydrogen (secondary N) is 1. The van der Waals surface area contributed by atoms with Crippen LogP contribution in [-0.2, 0) is 24.0 Å². The molecule has 0 bridgehead atoms. The molecule has 8 heteroatoms. The van der Waals surface area contributed by atoms with Crippen molar-refractivity contribution in [1.82, 2.24) is 5.43 Å². The number of rotatable bonds is 8. The molecule has 32 heavy (non-hydrogen) atoms. The van der Waals surface area contributed by atoms with Gasteiger partial charge in [-0.05, 0) is 41.0 Å². The molecule has 0 aromatic heterocycles. The lowest BCUT2D eigenvalue weighted by Gasteiger charge is -2.11. The highest BCUT2D eigenvalue weighted by molar-refractivity contribution is 5.84. The Hall–Kier alpha value is -3.81. The molecule has 0 radical (unpaired) electrons. The number of methoxy groups -OCH3 is 1. The largest absolute Gasteiger partial charge is 0.493 e. The highest BCUT2D eigenvalue weighted by atomic mass is 19.4. The third-order valence-corrected chi connectivity index (χ3v) is 4.45. The second-order valence-electron chi connectivity index (χ2n) is 6.85. The number of benzene rings is 3. The van der Waals surface area contributed by atoms with Crippen molar-refractivity contribution in [2.24, 2.45) is 5.10 Å². The van der Waals surface area contributed by atoms with Crippen molar-refractivity contribution in [2.45, 2.75) is 19.2 Å². The molecular weight excluding hydrogens is 421 g/mol. The lowest BCUT2D eigenvalue weighted by atomic mass is 10.1. The number of carbonyl (C=O) groups excluding carboxylic acids is 1. The first-order chi connectivity index (χ1) is 15.3. The smallest absolute Gasteiger partial charge is 0.416 e. The Morgan fingerprint density at radius 3 is 2.44 bits per heavy atom. The van der Waals surface area contributed by atoms with Gasteiger partial charge in [-0.25, -0.2) is 5.43 Å². The van der Waals surface area contributed by atoms with E-state index < -0.39 is 17.6 Å². The summed E-state index contributed by atoms with van der Waals surface area (Å²) in [6, 6.07) is 19.4. The molecule has 0 saturated heterocycles. The minimum atomic E-state index is -4.46. The van der Waals surface area contributed by atoms with E-state index >= 15 is 0 Å². The van der Waals surface area contributed by atoms with E-state index in [0.717, 1.165) is 17.7 Å². The summed E-state index contributed by atoms with van der Waals surface area (Å²) < 4.78 is 49.5. The monoisotopic (exact) mass is 442 g/mol. The standard InChI is InChI=1S/C24H21F3N2O3/c1-31-21-11-10-19(13-22(21)32-16-17-6-3-2-4-7-17)15-28-29-23(30)14-18-8-5-9-20(12-18)24(25,26)27/h2-13,15H,14,16H2,1H3,(H,29,30)/b28-15-. The van der Waals surface area contributed by atoms with E-state index in [9.17, 15) is 18.0 Å². The fourth-order valence-corrected chi connectivity index (χ4v) is 2.88. The number of hydrazone groups is 1. The summed E-state index contributed by atoms with van der Waals surface area (Å²) in [6.45, 7) is 0.353. The number of hydrogen-bond donors (Lipinski definition) is 1. The van der Waals surface area contributed by atoms with Gasteiger partial charge >= 0.3 is 6.18 Å². The van der Waals surface area contributed by atoms with Crippen molar-refractivity contribution in [3.63, 3.8) is 0 Å². The maximum atomic E-state index is 12.8. The van der Waals surface area contributed by atoms with E-state index in [1.54, 1.807) is 18.2 Å². The number of ether oxygens (including phenoxy) is 2. The van der Waals surface area contributed by atoms with Crippen LogP contribution in [0.1, 0.15) is 22.3 Å². The number of alkyl halides is 3. The summed E-state index contributed by atoms with van der Waals surface area (Å²) in [5.41, 5.74) is 3.41. The molecule has 0 aliphatic rings. The molecule has 0 fully saturated rings. The lowest BCUT2D eigenvalue weighted by molar-refractivity contribution is -0.137. The molecule has 166 valence electrons. The van der Waals surface area contributed by atoms with Crippen LogP contribution in [0, 0.1) is 0 Å². The number of halogens is 3. The fourth-order valence-electron chi connectivity index (χ4n) is 2.88. The van der Waals surface area contributed by atoms with E-state index in [4.69, 9.17) is 9.47 Å².